The summed E-state index contributed by atoms with van der Waals surface area (Å²) in [6, 6.07) is 1.55. The van der Waals surface area contributed by atoms with E-state index in [-0.39, 0.29) is 23.6 Å². The molecule has 0 bridgehead atoms. The summed E-state index contributed by atoms with van der Waals surface area (Å²) < 4.78 is 27.7. The van der Waals surface area contributed by atoms with Gasteiger partial charge in [0, 0.05) is 18.2 Å². The molecule has 0 amide bonds. The predicted molar refractivity (Wildman–Crippen MR) is 60.4 cm³/mol. The second kappa shape index (κ2) is 4.13. The van der Waals surface area contributed by atoms with Gasteiger partial charge >= 0.3 is 0 Å². The van der Waals surface area contributed by atoms with Crippen LogP contribution in [0.15, 0.2) is 6.07 Å². The molecular weight excluding hydrogens is 208 g/mol. The number of benzene rings is 1. The minimum atomic E-state index is -0.263. The zero-order valence-electron chi connectivity index (χ0n) is 9.90. The Morgan fingerprint density at radius 1 is 1.44 bits per heavy atom. The van der Waals surface area contributed by atoms with Crippen LogP contribution in [0.5, 0.6) is 0 Å². The molecule has 0 aromatic heterocycles. The van der Waals surface area contributed by atoms with Crippen LogP contribution in [-0.4, -0.2) is 6.04 Å². The summed E-state index contributed by atoms with van der Waals surface area (Å²) in [5, 5.41) is 3.26. The fraction of sp³-hybridized carbons (Fsp3) is 0.538. The zero-order valence-corrected chi connectivity index (χ0v) is 9.90. The second-order valence-corrected chi connectivity index (χ2v) is 4.57. The summed E-state index contributed by atoms with van der Waals surface area (Å²) in [6.45, 7) is 6.05. The summed E-state index contributed by atoms with van der Waals surface area (Å²) in [5.41, 5.74) is 1.46. The highest BCUT2D eigenvalue weighted by Gasteiger charge is 2.29. The van der Waals surface area contributed by atoms with Gasteiger partial charge in [0.05, 0.1) is 0 Å². The van der Waals surface area contributed by atoms with Gasteiger partial charge in [-0.1, -0.05) is 13.8 Å². The largest absolute Gasteiger partial charge is 0.309 e. The average Bonchev–Trinajstić information content (AvgIpc) is 2.25. The number of hydrogen-bond donors (Lipinski definition) is 1. The molecule has 0 spiro atoms. The van der Waals surface area contributed by atoms with Crippen LogP contribution in [0, 0.1) is 18.6 Å². The Hall–Kier alpha value is -0.960. The van der Waals surface area contributed by atoms with Crippen molar-refractivity contribution in [1.29, 1.82) is 0 Å². The van der Waals surface area contributed by atoms with E-state index in [1.807, 2.05) is 6.92 Å². The van der Waals surface area contributed by atoms with Crippen LogP contribution in [0.1, 0.15) is 42.9 Å². The van der Waals surface area contributed by atoms with Crippen molar-refractivity contribution in [3.63, 3.8) is 0 Å². The Kier molecular flexibility index (Phi) is 2.98. The first-order valence-electron chi connectivity index (χ1n) is 5.77. The molecule has 1 aliphatic heterocycles. The number of rotatable bonds is 1. The fourth-order valence-electron chi connectivity index (χ4n) is 2.61. The Balaban J connectivity index is 2.56. The van der Waals surface area contributed by atoms with Crippen LogP contribution in [0.2, 0.25) is 0 Å². The van der Waals surface area contributed by atoms with Gasteiger partial charge in [0.2, 0.25) is 0 Å². The molecule has 0 saturated heterocycles. The first kappa shape index (κ1) is 11.5. The van der Waals surface area contributed by atoms with Crippen molar-refractivity contribution in [1.82, 2.24) is 5.32 Å². The minimum Gasteiger partial charge on any atom is -0.309 e. The molecule has 88 valence electrons. The molecule has 1 nitrogen and oxygen atoms in total. The van der Waals surface area contributed by atoms with E-state index in [4.69, 9.17) is 0 Å². The lowest BCUT2D eigenvalue weighted by atomic mass is 9.83. The van der Waals surface area contributed by atoms with Crippen LogP contribution in [0.25, 0.3) is 0 Å². The van der Waals surface area contributed by atoms with Crippen molar-refractivity contribution >= 4 is 0 Å². The van der Waals surface area contributed by atoms with E-state index in [1.165, 1.54) is 6.07 Å². The topological polar surface area (TPSA) is 12.0 Å². The average molecular weight is 225 g/mol. The molecule has 0 aliphatic carbocycles. The quantitative estimate of drug-likeness (QED) is 0.773. The molecule has 3 heteroatoms. The first-order chi connectivity index (χ1) is 7.56. The van der Waals surface area contributed by atoms with E-state index in [0.717, 1.165) is 6.42 Å². The lowest BCUT2D eigenvalue weighted by Crippen LogP contribution is -2.39. The van der Waals surface area contributed by atoms with E-state index in [1.54, 1.807) is 6.92 Å². The van der Waals surface area contributed by atoms with Crippen LogP contribution < -0.4 is 5.32 Å². The van der Waals surface area contributed by atoms with Crippen molar-refractivity contribution < 1.29 is 8.78 Å². The van der Waals surface area contributed by atoms with E-state index in [2.05, 4.69) is 12.2 Å². The first-order valence-corrected chi connectivity index (χ1v) is 5.77. The molecule has 1 aromatic rings. The molecule has 2 unspecified atom stereocenters. The molecule has 16 heavy (non-hydrogen) atoms. The van der Waals surface area contributed by atoms with Gasteiger partial charge in [-0.05, 0) is 36.5 Å². The number of hydrogen-bond acceptors (Lipinski definition) is 1. The molecule has 2 rings (SSSR count). The Morgan fingerprint density at radius 3 is 2.75 bits per heavy atom. The summed E-state index contributed by atoms with van der Waals surface area (Å²) >= 11 is 0. The van der Waals surface area contributed by atoms with Crippen molar-refractivity contribution in [2.45, 2.75) is 45.7 Å². The maximum Gasteiger partial charge on any atom is 0.131 e. The van der Waals surface area contributed by atoms with Gasteiger partial charge in [-0.2, -0.15) is 0 Å². The maximum atomic E-state index is 13.9. The lowest BCUT2D eigenvalue weighted by molar-refractivity contribution is 0.385. The van der Waals surface area contributed by atoms with Crippen LogP contribution in [0.4, 0.5) is 8.78 Å². The Morgan fingerprint density at radius 2 is 2.12 bits per heavy atom. The normalized spacial score (nSPS) is 24.3. The Bertz CT molecular complexity index is 415. The van der Waals surface area contributed by atoms with Crippen molar-refractivity contribution in [2.24, 2.45) is 0 Å². The van der Waals surface area contributed by atoms with Crippen molar-refractivity contribution in [3.8, 4) is 0 Å². The molecule has 0 saturated carbocycles. The number of aryl methyl sites for hydroxylation is 1. The van der Waals surface area contributed by atoms with Gasteiger partial charge < -0.3 is 5.32 Å². The molecule has 0 radical (unpaired) electrons. The molecule has 1 heterocycles. The Labute approximate surface area is 94.9 Å². The highest BCUT2D eigenvalue weighted by Crippen LogP contribution is 2.33. The minimum absolute atomic E-state index is 0.0313. The van der Waals surface area contributed by atoms with E-state index in [0.29, 0.717) is 23.2 Å². The van der Waals surface area contributed by atoms with Gasteiger partial charge in [-0.15, -0.1) is 0 Å². The van der Waals surface area contributed by atoms with E-state index < -0.39 is 0 Å². The number of halogens is 2. The van der Waals surface area contributed by atoms with Crippen LogP contribution in [-0.2, 0) is 6.54 Å². The summed E-state index contributed by atoms with van der Waals surface area (Å²) in [7, 11) is 0. The molecule has 2 atom stereocenters. The highest BCUT2D eigenvalue weighted by atomic mass is 19.1. The molecule has 1 N–H and O–H groups in total. The molecule has 1 aromatic carbocycles. The van der Waals surface area contributed by atoms with Gasteiger partial charge in [0.25, 0.3) is 0 Å². The molecular formula is C13H17F2N. The molecule has 1 aliphatic rings. The number of nitrogens with one attached hydrogen (secondary N) is 1. The van der Waals surface area contributed by atoms with E-state index >= 15 is 0 Å². The maximum absolute atomic E-state index is 13.9. The van der Waals surface area contributed by atoms with Gasteiger partial charge in [-0.3, -0.25) is 0 Å². The number of fused-ring (bicyclic) bond motifs is 1. The lowest BCUT2D eigenvalue weighted by Gasteiger charge is -2.32. The zero-order chi connectivity index (χ0) is 11.9. The molecule has 0 fully saturated rings. The van der Waals surface area contributed by atoms with Gasteiger partial charge in [0.1, 0.15) is 11.6 Å². The third kappa shape index (κ3) is 1.63. The fourth-order valence-corrected chi connectivity index (χ4v) is 2.61. The second-order valence-electron chi connectivity index (χ2n) is 4.57. The highest BCUT2D eigenvalue weighted by molar-refractivity contribution is 5.39. The van der Waals surface area contributed by atoms with E-state index in [9.17, 15) is 8.78 Å². The third-order valence-electron chi connectivity index (χ3n) is 3.58. The SMILES string of the molecule is CCC1NCc2c(F)c(C)cc(F)c2C1C. The standard InChI is InChI=1S/C13H17F2N/c1-4-11-8(3)12-9(6-16-11)13(15)7(2)5-10(12)14/h5,8,11,16H,4,6H2,1-3H3. The van der Waals surface area contributed by atoms with Crippen molar-refractivity contribution in [3.05, 3.63) is 34.4 Å². The monoisotopic (exact) mass is 225 g/mol. The summed E-state index contributed by atoms with van der Waals surface area (Å²) in [6.07, 6.45) is 0.926. The van der Waals surface area contributed by atoms with Crippen LogP contribution >= 0.6 is 0 Å². The summed E-state index contributed by atoms with van der Waals surface area (Å²) in [4.78, 5) is 0. The van der Waals surface area contributed by atoms with Crippen LogP contribution in [0.3, 0.4) is 0 Å². The smallest absolute Gasteiger partial charge is 0.131 e. The van der Waals surface area contributed by atoms with Gasteiger partial charge in [-0.25, -0.2) is 8.78 Å². The summed E-state index contributed by atoms with van der Waals surface area (Å²) in [5.74, 6) is -0.490. The van der Waals surface area contributed by atoms with Gasteiger partial charge in [0.15, 0.2) is 0 Å². The third-order valence-corrected chi connectivity index (χ3v) is 3.58. The predicted octanol–water partition coefficient (Wildman–Crippen LogP) is 3.26. The van der Waals surface area contributed by atoms with Crippen molar-refractivity contribution in [2.75, 3.05) is 0 Å².